The summed E-state index contributed by atoms with van der Waals surface area (Å²) in [5.74, 6) is 0.956. The summed E-state index contributed by atoms with van der Waals surface area (Å²) >= 11 is 0. The zero-order valence-electron chi connectivity index (χ0n) is 11.8. The standard InChI is InChI=1S/C15H22N2O2/c1-3-16-9-11-17(12-10-16)15(18)13-5-7-14(8-6-13)19-4-2/h5-8H,3-4,9-12H2,1-2H3/p+1. The third-order valence-corrected chi connectivity index (χ3v) is 3.67. The molecule has 2 rings (SSSR count). The Morgan fingerprint density at radius 3 is 2.37 bits per heavy atom. The highest BCUT2D eigenvalue weighted by atomic mass is 16.5. The van der Waals surface area contributed by atoms with E-state index in [0.717, 1.165) is 44.0 Å². The quantitative estimate of drug-likeness (QED) is 0.855. The molecule has 1 aliphatic heterocycles. The van der Waals surface area contributed by atoms with Gasteiger partial charge in [0.05, 0.1) is 39.3 Å². The third-order valence-electron chi connectivity index (χ3n) is 3.67. The van der Waals surface area contributed by atoms with Gasteiger partial charge in [0.25, 0.3) is 5.91 Å². The van der Waals surface area contributed by atoms with E-state index in [1.807, 2.05) is 36.1 Å². The summed E-state index contributed by atoms with van der Waals surface area (Å²) in [7, 11) is 0. The van der Waals surface area contributed by atoms with E-state index < -0.39 is 0 Å². The summed E-state index contributed by atoms with van der Waals surface area (Å²) < 4.78 is 5.39. The van der Waals surface area contributed by atoms with E-state index in [1.54, 1.807) is 4.90 Å². The van der Waals surface area contributed by atoms with Crippen molar-refractivity contribution in [1.29, 1.82) is 0 Å². The first kappa shape index (κ1) is 13.9. The number of hydrogen-bond acceptors (Lipinski definition) is 2. The molecule has 0 atom stereocenters. The lowest BCUT2D eigenvalue weighted by molar-refractivity contribution is -0.902. The molecule has 1 fully saturated rings. The fraction of sp³-hybridized carbons (Fsp3) is 0.533. The molecule has 0 bridgehead atoms. The van der Waals surface area contributed by atoms with Crippen molar-refractivity contribution >= 4 is 5.91 Å². The number of hydrogen-bond donors (Lipinski definition) is 1. The van der Waals surface area contributed by atoms with Gasteiger partial charge in [0, 0.05) is 5.56 Å². The van der Waals surface area contributed by atoms with Crippen molar-refractivity contribution in [2.45, 2.75) is 13.8 Å². The van der Waals surface area contributed by atoms with E-state index in [0.29, 0.717) is 6.61 Å². The maximum absolute atomic E-state index is 12.3. The summed E-state index contributed by atoms with van der Waals surface area (Å²) in [6, 6.07) is 7.44. The van der Waals surface area contributed by atoms with Crippen molar-refractivity contribution in [3.05, 3.63) is 29.8 Å². The van der Waals surface area contributed by atoms with Gasteiger partial charge < -0.3 is 14.5 Å². The van der Waals surface area contributed by atoms with Crippen LogP contribution in [-0.2, 0) is 0 Å². The number of likely N-dealkylation sites (N-methyl/N-ethyl adjacent to an activating group) is 1. The number of carbonyl (C=O) groups is 1. The highest BCUT2D eigenvalue weighted by molar-refractivity contribution is 5.94. The van der Waals surface area contributed by atoms with Gasteiger partial charge in [0.1, 0.15) is 5.75 Å². The highest BCUT2D eigenvalue weighted by Crippen LogP contribution is 2.13. The van der Waals surface area contributed by atoms with Crippen LogP contribution >= 0.6 is 0 Å². The van der Waals surface area contributed by atoms with E-state index in [2.05, 4.69) is 6.92 Å². The van der Waals surface area contributed by atoms with Crippen molar-refractivity contribution in [2.24, 2.45) is 0 Å². The second kappa shape index (κ2) is 6.57. The molecule has 19 heavy (non-hydrogen) atoms. The molecule has 0 aromatic heterocycles. The molecule has 0 spiro atoms. The van der Waals surface area contributed by atoms with Crippen LogP contribution in [0.1, 0.15) is 24.2 Å². The Bertz CT molecular complexity index is 409. The second-order valence-electron chi connectivity index (χ2n) is 4.85. The van der Waals surface area contributed by atoms with Gasteiger partial charge in [0.2, 0.25) is 0 Å². The molecule has 1 saturated heterocycles. The van der Waals surface area contributed by atoms with Crippen LogP contribution in [0.5, 0.6) is 5.75 Å². The molecule has 0 aliphatic carbocycles. The van der Waals surface area contributed by atoms with Gasteiger partial charge in [-0.25, -0.2) is 0 Å². The Kier molecular flexibility index (Phi) is 4.80. The fourth-order valence-corrected chi connectivity index (χ4v) is 2.42. The van der Waals surface area contributed by atoms with Crippen LogP contribution in [0.3, 0.4) is 0 Å². The van der Waals surface area contributed by atoms with Gasteiger partial charge >= 0.3 is 0 Å². The lowest BCUT2D eigenvalue weighted by Crippen LogP contribution is -3.14. The number of ether oxygens (including phenoxy) is 1. The Balaban J connectivity index is 1.96. The van der Waals surface area contributed by atoms with E-state index in [-0.39, 0.29) is 5.91 Å². The molecule has 1 aliphatic rings. The number of nitrogens with zero attached hydrogens (tertiary/aromatic N) is 1. The highest BCUT2D eigenvalue weighted by Gasteiger charge is 2.23. The molecule has 4 nitrogen and oxygen atoms in total. The number of quaternary nitrogens is 1. The molecule has 0 radical (unpaired) electrons. The molecule has 1 aromatic rings. The first-order chi connectivity index (χ1) is 9.24. The Hall–Kier alpha value is -1.55. The minimum atomic E-state index is 0.137. The smallest absolute Gasteiger partial charge is 0.254 e. The molecule has 1 heterocycles. The topological polar surface area (TPSA) is 34.0 Å². The minimum Gasteiger partial charge on any atom is -0.494 e. The fourth-order valence-electron chi connectivity index (χ4n) is 2.42. The SMILES string of the molecule is CCOc1ccc(C(=O)N2CC[NH+](CC)CC2)cc1. The molecule has 0 unspecified atom stereocenters. The number of nitrogens with one attached hydrogen (secondary N) is 1. The predicted octanol–water partition coefficient (Wildman–Crippen LogP) is 0.446. The van der Waals surface area contributed by atoms with Crippen LogP contribution in [0, 0.1) is 0 Å². The number of benzene rings is 1. The lowest BCUT2D eigenvalue weighted by Gasteiger charge is -2.31. The molecule has 0 saturated carbocycles. The molecule has 4 heteroatoms. The Labute approximate surface area is 115 Å². The maximum atomic E-state index is 12.3. The lowest BCUT2D eigenvalue weighted by atomic mass is 10.1. The summed E-state index contributed by atoms with van der Waals surface area (Å²) in [6.45, 7) is 9.76. The number of carbonyl (C=O) groups excluding carboxylic acids is 1. The van der Waals surface area contributed by atoms with Crippen molar-refractivity contribution in [3.63, 3.8) is 0 Å². The third kappa shape index (κ3) is 3.47. The molecular weight excluding hydrogens is 240 g/mol. The van der Waals surface area contributed by atoms with Crippen LogP contribution in [0.25, 0.3) is 0 Å². The van der Waals surface area contributed by atoms with Crippen molar-refractivity contribution in [2.75, 3.05) is 39.3 Å². The van der Waals surface area contributed by atoms with Gasteiger partial charge in [-0.3, -0.25) is 4.79 Å². The van der Waals surface area contributed by atoms with Gasteiger partial charge in [-0.2, -0.15) is 0 Å². The summed E-state index contributed by atoms with van der Waals surface area (Å²) in [5.41, 5.74) is 0.753. The van der Waals surface area contributed by atoms with Gasteiger partial charge in [-0.15, -0.1) is 0 Å². The first-order valence-electron chi connectivity index (χ1n) is 7.10. The Morgan fingerprint density at radius 2 is 1.84 bits per heavy atom. The summed E-state index contributed by atoms with van der Waals surface area (Å²) in [4.78, 5) is 15.9. The van der Waals surface area contributed by atoms with Crippen LogP contribution in [0.4, 0.5) is 0 Å². The molecule has 104 valence electrons. The first-order valence-corrected chi connectivity index (χ1v) is 7.10. The van der Waals surface area contributed by atoms with Crippen molar-refractivity contribution in [3.8, 4) is 5.75 Å². The summed E-state index contributed by atoms with van der Waals surface area (Å²) in [5, 5.41) is 0. The van der Waals surface area contributed by atoms with E-state index in [4.69, 9.17) is 4.74 Å². The van der Waals surface area contributed by atoms with Crippen LogP contribution < -0.4 is 9.64 Å². The van der Waals surface area contributed by atoms with Gasteiger partial charge in [0.15, 0.2) is 0 Å². The molecule has 1 amide bonds. The van der Waals surface area contributed by atoms with Crippen molar-refractivity contribution < 1.29 is 14.4 Å². The van der Waals surface area contributed by atoms with Crippen LogP contribution in [0.2, 0.25) is 0 Å². The van der Waals surface area contributed by atoms with Crippen LogP contribution in [0.15, 0.2) is 24.3 Å². The number of piperazine rings is 1. The molecule has 1 aromatic carbocycles. The van der Waals surface area contributed by atoms with Gasteiger partial charge in [-0.05, 0) is 38.1 Å². The van der Waals surface area contributed by atoms with Gasteiger partial charge in [-0.1, -0.05) is 0 Å². The summed E-state index contributed by atoms with van der Waals surface area (Å²) in [6.07, 6.45) is 0. The monoisotopic (exact) mass is 263 g/mol. The zero-order valence-corrected chi connectivity index (χ0v) is 11.8. The minimum absolute atomic E-state index is 0.137. The second-order valence-corrected chi connectivity index (χ2v) is 4.85. The number of rotatable bonds is 4. The largest absolute Gasteiger partial charge is 0.494 e. The number of amides is 1. The Morgan fingerprint density at radius 1 is 1.21 bits per heavy atom. The van der Waals surface area contributed by atoms with E-state index in [9.17, 15) is 4.79 Å². The normalized spacial score (nSPS) is 16.4. The van der Waals surface area contributed by atoms with E-state index in [1.165, 1.54) is 0 Å². The predicted molar refractivity (Wildman–Crippen MR) is 74.8 cm³/mol. The average molecular weight is 263 g/mol. The van der Waals surface area contributed by atoms with E-state index >= 15 is 0 Å². The average Bonchev–Trinajstić information content (AvgIpc) is 2.48. The molecular formula is C15H23N2O2+. The van der Waals surface area contributed by atoms with Crippen molar-refractivity contribution in [1.82, 2.24) is 4.90 Å². The zero-order chi connectivity index (χ0) is 13.7. The van der Waals surface area contributed by atoms with Crippen LogP contribution in [-0.4, -0.2) is 50.1 Å². The molecule has 1 N–H and O–H groups in total. The maximum Gasteiger partial charge on any atom is 0.254 e.